The van der Waals surface area contributed by atoms with Crippen molar-refractivity contribution in [1.29, 1.82) is 5.26 Å². The van der Waals surface area contributed by atoms with Crippen molar-refractivity contribution in [1.82, 2.24) is 9.38 Å². The SMILES string of the molecule is N#Cc1c(-c2ccc(N)cc2)ccn2c(CC(F)(F)F)cnc12. The van der Waals surface area contributed by atoms with Crippen LogP contribution in [-0.4, -0.2) is 15.6 Å². The van der Waals surface area contributed by atoms with Gasteiger partial charge in [-0.25, -0.2) is 4.98 Å². The number of halogens is 3. The van der Waals surface area contributed by atoms with Crippen LogP contribution in [-0.2, 0) is 6.42 Å². The van der Waals surface area contributed by atoms with Gasteiger partial charge in [0.2, 0.25) is 0 Å². The molecule has 3 rings (SSSR count). The average Bonchev–Trinajstić information content (AvgIpc) is 2.88. The number of rotatable bonds is 2. The number of pyridine rings is 1. The quantitative estimate of drug-likeness (QED) is 0.735. The van der Waals surface area contributed by atoms with Gasteiger partial charge < -0.3 is 10.1 Å². The molecule has 7 heteroatoms. The molecular formula is C16H11F3N4. The van der Waals surface area contributed by atoms with Gasteiger partial charge in [-0.1, -0.05) is 12.1 Å². The Hall–Kier alpha value is -3.01. The van der Waals surface area contributed by atoms with Crippen LogP contribution in [0.1, 0.15) is 11.3 Å². The standard InChI is InChI=1S/C16H11F3N4/c17-16(18,19)7-12-9-22-15-14(8-20)13(5-6-23(12)15)10-1-3-11(21)4-2-10/h1-6,9H,7,21H2. The van der Waals surface area contributed by atoms with E-state index in [-0.39, 0.29) is 16.9 Å². The first kappa shape index (κ1) is 14.9. The van der Waals surface area contributed by atoms with Gasteiger partial charge in [0.1, 0.15) is 11.6 Å². The third-order valence-electron chi connectivity index (χ3n) is 3.47. The normalized spacial score (nSPS) is 11.6. The number of nitrogens with two attached hydrogens (primary N) is 1. The van der Waals surface area contributed by atoms with Crippen LogP contribution in [0.4, 0.5) is 18.9 Å². The minimum absolute atomic E-state index is 0.00661. The van der Waals surface area contributed by atoms with E-state index in [0.717, 1.165) is 11.8 Å². The van der Waals surface area contributed by atoms with E-state index in [1.807, 2.05) is 6.07 Å². The number of nitrogen functional groups attached to an aromatic ring is 1. The van der Waals surface area contributed by atoms with E-state index >= 15 is 0 Å². The highest BCUT2D eigenvalue weighted by atomic mass is 19.4. The molecule has 2 N–H and O–H groups in total. The minimum Gasteiger partial charge on any atom is -0.399 e. The molecule has 0 radical (unpaired) electrons. The Morgan fingerprint density at radius 2 is 1.87 bits per heavy atom. The minimum atomic E-state index is -4.33. The van der Waals surface area contributed by atoms with Crippen molar-refractivity contribution < 1.29 is 13.2 Å². The number of imidazole rings is 1. The Bertz CT molecular complexity index is 902. The highest BCUT2D eigenvalue weighted by molar-refractivity contribution is 5.78. The van der Waals surface area contributed by atoms with Gasteiger partial charge in [0, 0.05) is 23.6 Å². The zero-order chi connectivity index (χ0) is 16.6. The zero-order valence-electron chi connectivity index (χ0n) is 11.8. The molecule has 0 unspecified atom stereocenters. The van der Waals surface area contributed by atoms with Crippen LogP contribution >= 0.6 is 0 Å². The summed E-state index contributed by atoms with van der Waals surface area (Å²) in [4.78, 5) is 3.99. The lowest BCUT2D eigenvalue weighted by atomic mass is 10.0. The lowest BCUT2D eigenvalue weighted by Crippen LogP contribution is -2.13. The Balaban J connectivity index is 2.16. The molecule has 0 saturated carbocycles. The van der Waals surface area contributed by atoms with Gasteiger partial charge in [0.15, 0.2) is 5.65 Å². The van der Waals surface area contributed by atoms with Gasteiger partial charge in [-0.05, 0) is 23.8 Å². The molecule has 0 aliphatic carbocycles. The summed E-state index contributed by atoms with van der Waals surface area (Å²) < 4.78 is 39.1. The molecule has 0 fully saturated rings. The number of fused-ring (bicyclic) bond motifs is 1. The van der Waals surface area contributed by atoms with Crippen LogP contribution in [0, 0.1) is 11.3 Å². The number of hydrogen-bond donors (Lipinski definition) is 1. The topological polar surface area (TPSA) is 67.1 Å². The monoisotopic (exact) mass is 316 g/mol. The van der Waals surface area contributed by atoms with E-state index in [0.29, 0.717) is 11.3 Å². The van der Waals surface area contributed by atoms with Crippen LogP contribution < -0.4 is 5.73 Å². The largest absolute Gasteiger partial charge is 0.399 e. The average molecular weight is 316 g/mol. The van der Waals surface area contributed by atoms with Crippen molar-refractivity contribution in [2.45, 2.75) is 12.6 Å². The zero-order valence-corrected chi connectivity index (χ0v) is 11.8. The molecular weight excluding hydrogens is 305 g/mol. The number of hydrogen-bond acceptors (Lipinski definition) is 3. The number of nitriles is 1. The first-order chi connectivity index (χ1) is 10.9. The van der Waals surface area contributed by atoms with E-state index in [9.17, 15) is 18.4 Å². The Morgan fingerprint density at radius 1 is 1.17 bits per heavy atom. The molecule has 0 spiro atoms. The number of nitrogens with zero attached hydrogens (tertiary/aromatic N) is 3. The van der Waals surface area contributed by atoms with E-state index in [1.165, 1.54) is 10.6 Å². The smallest absolute Gasteiger partial charge is 0.394 e. The Labute approximate surface area is 129 Å². The van der Waals surface area contributed by atoms with Gasteiger partial charge in [-0.3, -0.25) is 0 Å². The molecule has 2 aromatic heterocycles. The van der Waals surface area contributed by atoms with Gasteiger partial charge >= 0.3 is 6.18 Å². The summed E-state index contributed by atoms with van der Waals surface area (Å²) in [6, 6.07) is 10.5. The second-order valence-corrected chi connectivity index (χ2v) is 5.07. The Morgan fingerprint density at radius 3 is 2.48 bits per heavy atom. The summed E-state index contributed by atoms with van der Waals surface area (Å²) in [7, 11) is 0. The summed E-state index contributed by atoms with van der Waals surface area (Å²) >= 11 is 0. The molecule has 0 bridgehead atoms. The van der Waals surface area contributed by atoms with E-state index in [1.54, 1.807) is 30.3 Å². The van der Waals surface area contributed by atoms with E-state index in [2.05, 4.69) is 4.98 Å². The van der Waals surface area contributed by atoms with Crippen molar-refractivity contribution >= 4 is 11.3 Å². The number of benzene rings is 1. The first-order valence-corrected chi connectivity index (χ1v) is 6.71. The van der Waals surface area contributed by atoms with Gasteiger partial charge in [-0.15, -0.1) is 0 Å². The van der Waals surface area contributed by atoms with Crippen LogP contribution in [0.3, 0.4) is 0 Å². The molecule has 0 aliphatic rings. The van der Waals surface area contributed by atoms with Crippen LogP contribution in [0.5, 0.6) is 0 Å². The van der Waals surface area contributed by atoms with Gasteiger partial charge in [0.05, 0.1) is 12.1 Å². The summed E-state index contributed by atoms with van der Waals surface area (Å²) in [5.41, 5.74) is 8.00. The Kier molecular flexibility index (Phi) is 3.45. The lowest BCUT2D eigenvalue weighted by molar-refractivity contribution is -0.127. The molecule has 23 heavy (non-hydrogen) atoms. The highest BCUT2D eigenvalue weighted by Crippen LogP contribution is 2.29. The molecule has 4 nitrogen and oxygen atoms in total. The molecule has 0 amide bonds. The maximum Gasteiger partial charge on any atom is 0.394 e. The number of alkyl halides is 3. The third kappa shape index (κ3) is 2.83. The maximum atomic E-state index is 12.6. The molecule has 116 valence electrons. The van der Waals surface area contributed by atoms with Gasteiger partial charge in [-0.2, -0.15) is 18.4 Å². The number of anilines is 1. The van der Waals surface area contributed by atoms with E-state index in [4.69, 9.17) is 5.73 Å². The van der Waals surface area contributed by atoms with Crippen molar-refractivity contribution in [3.63, 3.8) is 0 Å². The fourth-order valence-electron chi connectivity index (χ4n) is 2.45. The summed E-state index contributed by atoms with van der Waals surface area (Å²) in [6.07, 6.45) is -2.79. The van der Waals surface area contributed by atoms with Crippen molar-refractivity contribution in [2.24, 2.45) is 0 Å². The summed E-state index contributed by atoms with van der Waals surface area (Å²) in [5, 5.41) is 9.42. The van der Waals surface area contributed by atoms with Crippen molar-refractivity contribution in [2.75, 3.05) is 5.73 Å². The van der Waals surface area contributed by atoms with Crippen LogP contribution in [0.15, 0.2) is 42.7 Å². The fourth-order valence-corrected chi connectivity index (χ4v) is 2.45. The molecule has 1 aromatic carbocycles. The first-order valence-electron chi connectivity index (χ1n) is 6.71. The molecule has 0 saturated heterocycles. The number of aromatic nitrogens is 2. The van der Waals surface area contributed by atoms with Crippen molar-refractivity contribution in [3.8, 4) is 17.2 Å². The third-order valence-corrected chi connectivity index (χ3v) is 3.47. The lowest BCUT2D eigenvalue weighted by Gasteiger charge is -2.09. The molecule has 0 aliphatic heterocycles. The summed E-state index contributed by atoms with van der Waals surface area (Å²) in [6.45, 7) is 0. The highest BCUT2D eigenvalue weighted by Gasteiger charge is 2.29. The molecule has 3 aromatic rings. The fraction of sp³-hybridized carbons (Fsp3) is 0.125. The van der Waals surface area contributed by atoms with Crippen molar-refractivity contribution in [3.05, 3.63) is 54.0 Å². The second kappa shape index (κ2) is 5.32. The van der Waals surface area contributed by atoms with Crippen LogP contribution in [0.2, 0.25) is 0 Å². The van der Waals surface area contributed by atoms with E-state index < -0.39 is 12.6 Å². The predicted molar refractivity (Wildman–Crippen MR) is 79.5 cm³/mol. The second-order valence-electron chi connectivity index (χ2n) is 5.07. The van der Waals surface area contributed by atoms with Gasteiger partial charge in [0.25, 0.3) is 0 Å². The maximum absolute atomic E-state index is 12.6. The van der Waals surface area contributed by atoms with Crippen LogP contribution in [0.25, 0.3) is 16.8 Å². The molecule has 2 heterocycles. The predicted octanol–water partition coefficient (Wildman–Crippen LogP) is 3.56. The molecule has 0 atom stereocenters. The summed E-state index contributed by atoms with van der Waals surface area (Å²) in [5.74, 6) is 0.